The summed E-state index contributed by atoms with van der Waals surface area (Å²) in [7, 11) is 5.55. The number of nitrogens with zero attached hydrogens (tertiary/aromatic N) is 1. The molecular formula is C17H21N3O2. The highest BCUT2D eigenvalue weighted by Gasteiger charge is 2.03. The summed E-state index contributed by atoms with van der Waals surface area (Å²) in [6, 6.07) is 15.0. The zero-order valence-corrected chi connectivity index (χ0v) is 13.1. The Morgan fingerprint density at radius 2 is 1.86 bits per heavy atom. The monoisotopic (exact) mass is 299 g/mol. The normalized spacial score (nSPS) is 9.95. The Labute approximate surface area is 130 Å². The number of anilines is 2. The number of hydrogen-bond donors (Lipinski definition) is 2. The van der Waals surface area contributed by atoms with Gasteiger partial charge in [-0.25, -0.2) is 4.79 Å². The molecule has 116 valence electrons. The van der Waals surface area contributed by atoms with Crippen molar-refractivity contribution in [2.24, 2.45) is 0 Å². The van der Waals surface area contributed by atoms with Crippen LogP contribution in [0.5, 0.6) is 5.75 Å². The summed E-state index contributed by atoms with van der Waals surface area (Å²) < 4.78 is 5.10. The number of nitrogens with one attached hydrogen (secondary N) is 2. The Morgan fingerprint density at radius 1 is 1.14 bits per heavy atom. The van der Waals surface area contributed by atoms with Gasteiger partial charge in [0.05, 0.1) is 7.11 Å². The number of hydrogen-bond acceptors (Lipinski definition) is 3. The molecule has 0 aliphatic carbocycles. The number of carbonyl (C=O) groups excluding carboxylic acids is 1. The smallest absolute Gasteiger partial charge is 0.319 e. The number of amides is 2. The van der Waals surface area contributed by atoms with Gasteiger partial charge in [-0.15, -0.1) is 0 Å². The lowest BCUT2D eigenvalue weighted by Gasteiger charge is -2.14. The van der Waals surface area contributed by atoms with E-state index in [0.29, 0.717) is 6.54 Å². The molecular weight excluding hydrogens is 278 g/mol. The number of rotatable bonds is 5. The van der Waals surface area contributed by atoms with Gasteiger partial charge in [-0.3, -0.25) is 0 Å². The fourth-order valence-corrected chi connectivity index (χ4v) is 1.96. The molecule has 0 saturated heterocycles. The molecule has 0 atom stereocenters. The topological polar surface area (TPSA) is 53.6 Å². The summed E-state index contributed by atoms with van der Waals surface area (Å²) in [5.74, 6) is 0.800. The molecule has 2 aromatic carbocycles. The molecule has 0 fully saturated rings. The van der Waals surface area contributed by atoms with Crippen LogP contribution in [0.4, 0.5) is 16.2 Å². The van der Waals surface area contributed by atoms with Crippen molar-refractivity contribution < 1.29 is 9.53 Å². The van der Waals surface area contributed by atoms with E-state index < -0.39 is 0 Å². The highest BCUT2D eigenvalue weighted by Crippen LogP contribution is 2.17. The van der Waals surface area contributed by atoms with Crippen LogP contribution >= 0.6 is 0 Å². The largest absolute Gasteiger partial charge is 0.497 e. The molecule has 0 radical (unpaired) electrons. The first-order chi connectivity index (χ1) is 10.6. The summed E-state index contributed by atoms with van der Waals surface area (Å²) in [4.78, 5) is 13.9. The Morgan fingerprint density at radius 3 is 2.50 bits per heavy atom. The molecule has 0 spiro atoms. The first-order valence-electron chi connectivity index (χ1n) is 7.03. The van der Waals surface area contributed by atoms with Gasteiger partial charge < -0.3 is 20.3 Å². The van der Waals surface area contributed by atoms with E-state index in [-0.39, 0.29) is 6.03 Å². The van der Waals surface area contributed by atoms with Crippen molar-refractivity contribution in [2.75, 3.05) is 31.4 Å². The molecule has 0 saturated carbocycles. The maximum atomic E-state index is 11.9. The van der Waals surface area contributed by atoms with Crippen molar-refractivity contribution in [3.63, 3.8) is 0 Å². The van der Waals surface area contributed by atoms with Crippen molar-refractivity contribution in [2.45, 2.75) is 6.54 Å². The highest BCUT2D eigenvalue weighted by molar-refractivity contribution is 5.89. The SMILES string of the molecule is COc1ccc(CNC(=O)Nc2cccc(N(C)C)c2)cc1. The lowest BCUT2D eigenvalue weighted by Crippen LogP contribution is -2.28. The van der Waals surface area contributed by atoms with Crippen molar-refractivity contribution in [3.05, 3.63) is 54.1 Å². The van der Waals surface area contributed by atoms with Gasteiger partial charge in [0.15, 0.2) is 0 Å². The third kappa shape index (κ3) is 4.41. The van der Waals surface area contributed by atoms with E-state index in [0.717, 1.165) is 22.7 Å². The second-order valence-electron chi connectivity index (χ2n) is 5.10. The van der Waals surface area contributed by atoms with Crippen LogP contribution in [0.2, 0.25) is 0 Å². The van der Waals surface area contributed by atoms with Gasteiger partial charge in [0.2, 0.25) is 0 Å². The van der Waals surface area contributed by atoms with Crippen molar-refractivity contribution >= 4 is 17.4 Å². The average molecular weight is 299 g/mol. The number of urea groups is 1. The molecule has 5 heteroatoms. The lowest BCUT2D eigenvalue weighted by molar-refractivity contribution is 0.251. The van der Waals surface area contributed by atoms with Gasteiger partial charge in [-0.2, -0.15) is 0 Å². The van der Waals surface area contributed by atoms with Crippen LogP contribution < -0.4 is 20.3 Å². The standard InChI is InChI=1S/C17H21N3O2/c1-20(2)15-6-4-5-14(11-15)19-17(21)18-12-13-7-9-16(22-3)10-8-13/h4-11H,12H2,1-3H3,(H2,18,19,21). The molecule has 2 aromatic rings. The molecule has 0 bridgehead atoms. The maximum absolute atomic E-state index is 11.9. The molecule has 0 aliphatic heterocycles. The molecule has 5 nitrogen and oxygen atoms in total. The maximum Gasteiger partial charge on any atom is 0.319 e. The van der Waals surface area contributed by atoms with E-state index in [9.17, 15) is 4.79 Å². The first-order valence-corrected chi connectivity index (χ1v) is 7.03. The second kappa shape index (κ2) is 7.36. The predicted octanol–water partition coefficient (Wildman–Crippen LogP) is 3.08. The van der Waals surface area contributed by atoms with Crippen LogP contribution in [0.1, 0.15) is 5.56 Å². The molecule has 2 N–H and O–H groups in total. The minimum atomic E-state index is -0.230. The third-order valence-electron chi connectivity index (χ3n) is 3.23. The lowest BCUT2D eigenvalue weighted by atomic mass is 10.2. The first kappa shape index (κ1) is 15.7. The molecule has 2 rings (SSSR count). The van der Waals surface area contributed by atoms with E-state index in [1.807, 2.05) is 67.5 Å². The van der Waals surface area contributed by atoms with Crippen LogP contribution in [0.15, 0.2) is 48.5 Å². The molecule has 0 heterocycles. The molecule has 0 aromatic heterocycles. The zero-order chi connectivity index (χ0) is 15.9. The molecule has 0 unspecified atom stereocenters. The van der Waals surface area contributed by atoms with Gasteiger partial charge in [0.25, 0.3) is 0 Å². The highest BCUT2D eigenvalue weighted by atomic mass is 16.5. The molecule has 0 aliphatic rings. The number of methoxy groups -OCH3 is 1. The summed E-state index contributed by atoms with van der Waals surface area (Å²) >= 11 is 0. The molecule has 2 amide bonds. The third-order valence-corrected chi connectivity index (χ3v) is 3.23. The van der Waals surface area contributed by atoms with Crippen LogP contribution in [-0.4, -0.2) is 27.2 Å². The van der Waals surface area contributed by atoms with Crippen LogP contribution in [0.25, 0.3) is 0 Å². The molecule has 22 heavy (non-hydrogen) atoms. The van der Waals surface area contributed by atoms with E-state index in [1.165, 1.54) is 0 Å². The fourth-order valence-electron chi connectivity index (χ4n) is 1.96. The van der Waals surface area contributed by atoms with Crippen molar-refractivity contribution in [1.82, 2.24) is 5.32 Å². The summed E-state index contributed by atoms with van der Waals surface area (Å²) in [5.41, 5.74) is 2.81. The van der Waals surface area contributed by atoms with Gasteiger partial charge in [-0.1, -0.05) is 18.2 Å². The number of ether oxygens (including phenoxy) is 1. The Kier molecular flexibility index (Phi) is 5.25. The van der Waals surface area contributed by atoms with E-state index in [4.69, 9.17) is 4.74 Å². The minimum Gasteiger partial charge on any atom is -0.497 e. The number of carbonyl (C=O) groups is 1. The van der Waals surface area contributed by atoms with Crippen molar-refractivity contribution in [3.8, 4) is 5.75 Å². The Balaban J connectivity index is 1.88. The van der Waals surface area contributed by atoms with E-state index >= 15 is 0 Å². The van der Waals surface area contributed by atoms with Gasteiger partial charge in [0, 0.05) is 32.0 Å². The minimum absolute atomic E-state index is 0.230. The predicted molar refractivity (Wildman–Crippen MR) is 89.6 cm³/mol. The van der Waals surface area contributed by atoms with Crippen molar-refractivity contribution in [1.29, 1.82) is 0 Å². The number of benzene rings is 2. The summed E-state index contributed by atoms with van der Waals surface area (Å²) in [6.07, 6.45) is 0. The van der Waals surface area contributed by atoms with Crippen LogP contribution in [0.3, 0.4) is 0 Å². The zero-order valence-electron chi connectivity index (χ0n) is 13.1. The quantitative estimate of drug-likeness (QED) is 0.892. The van der Waals surface area contributed by atoms with E-state index in [2.05, 4.69) is 10.6 Å². The second-order valence-corrected chi connectivity index (χ2v) is 5.10. The fraction of sp³-hybridized carbons (Fsp3) is 0.235. The Bertz CT molecular complexity index is 624. The average Bonchev–Trinajstić information content (AvgIpc) is 2.53. The summed E-state index contributed by atoms with van der Waals surface area (Å²) in [6.45, 7) is 0.462. The van der Waals surface area contributed by atoms with Crippen LogP contribution in [-0.2, 0) is 6.54 Å². The Hall–Kier alpha value is -2.69. The van der Waals surface area contributed by atoms with E-state index in [1.54, 1.807) is 7.11 Å². The van der Waals surface area contributed by atoms with Crippen LogP contribution in [0, 0.1) is 0 Å². The van der Waals surface area contributed by atoms with Gasteiger partial charge in [0.1, 0.15) is 5.75 Å². The van der Waals surface area contributed by atoms with Gasteiger partial charge in [-0.05, 0) is 35.9 Å². The van der Waals surface area contributed by atoms with Gasteiger partial charge >= 0.3 is 6.03 Å². The summed E-state index contributed by atoms with van der Waals surface area (Å²) in [5, 5.41) is 5.66.